The van der Waals surface area contributed by atoms with Crippen LogP contribution < -0.4 is 21.6 Å². The highest BCUT2D eigenvalue weighted by atomic mass is 33.1. The number of pyridine rings is 1. The zero-order valence-corrected chi connectivity index (χ0v) is 21.0. The smallest absolute Gasteiger partial charge is 0.438 e. The Hall–Kier alpha value is -2.87. The second kappa shape index (κ2) is 13.0. The van der Waals surface area contributed by atoms with E-state index >= 15 is 0 Å². The number of hydrogen-bond acceptors (Lipinski definition) is 9. The van der Waals surface area contributed by atoms with Crippen LogP contribution in [0, 0.1) is 0 Å². The van der Waals surface area contributed by atoms with Crippen LogP contribution in [0.15, 0.2) is 29.4 Å². The second-order valence-corrected chi connectivity index (χ2v) is 10.7. The van der Waals surface area contributed by atoms with Gasteiger partial charge in [0, 0.05) is 18.5 Å². The fraction of sp³-hybridized carbons (Fsp3) is 0.526. The molecule has 12 nitrogen and oxygen atoms in total. The maximum atomic E-state index is 12.5. The van der Waals surface area contributed by atoms with E-state index in [9.17, 15) is 19.2 Å². The molecular weight excluding hydrogens is 472 g/mol. The number of carbonyl (C=O) groups excluding carboxylic acids is 4. The van der Waals surface area contributed by atoms with Crippen molar-refractivity contribution in [2.24, 2.45) is 0 Å². The normalized spacial score (nSPS) is 11.1. The third-order valence-corrected chi connectivity index (χ3v) is 5.18. The molecule has 0 fully saturated rings. The van der Waals surface area contributed by atoms with Crippen molar-refractivity contribution < 1.29 is 28.7 Å². The van der Waals surface area contributed by atoms with Gasteiger partial charge in [-0.15, -0.1) is 5.01 Å². The predicted molar refractivity (Wildman–Crippen MR) is 125 cm³/mol. The average Bonchev–Trinajstić information content (AvgIpc) is 2.68. The molecule has 0 unspecified atom stereocenters. The molecule has 6 amide bonds. The van der Waals surface area contributed by atoms with Gasteiger partial charge in [-0.25, -0.2) is 40.4 Å². The summed E-state index contributed by atoms with van der Waals surface area (Å²) in [4.78, 5) is 52.8. The van der Waals surface area contributed by atoms with Gasteiger partial charge in [-0.3, -0.25) is 0 Å². The van der Waals surface area contributed by atoms with Gasteiger partial charge in [-0.2, -0.15) is 0 Å². The first-order chi connectivity index (χ1) is 15.3. The average molecular weight is 503 g/mol. The summed E-state index contributed by atoms with van der Waals surface area (Å²) in [6.45, 7) is 9.96. The molecule has 0 saturated carbocycles. The monoisotopic (exact) mass is 502 g/mol. The SMILES string of the molecule is CC(C)(C)OC(=O)NNC(=O)NN(C(=O)NCCSSc1ccccn1)C(=O)OC(C)(C)C. The van der Waals surface area contributed by atoms with Gasteiger partial charge in [0.1, 0.15) is 16.2 Å². The minimum atomic E-state index is -1.11. The molecule has 33 heavy (non-hydrogen) atoms. The molecule has 4 N–H and O–H groups in total. The van der Waals surface area contributed by atoms with Crippen molar-refractivity contribution in [2.75, 3.05) is 12.3 Å². The van der Waals surface area contributed by atoms with Gasteiger partial charge < -0.3 is 14.8 Å². The lowest BCUT2D eigenvalue weighted by Gasteiger charge is -2.26. The Bertz CT molecular complexity index is 813. The number of aromatic nitrogens is 1. The summed E-state index contributed by atoms with van der Waals surface area (Å²) >= 11 is 0. The summed E-state index contributed by atoms with van der Waals surface area (Å²) in [5.41, 5.74) is 4.31. The van der Waals surface area contributed by atoms with Gasteiger partial charge in [0.2, 0.25) is 0 Å². The molecule has 0 atom stereocenters. The van der Waals surface area contributed by atoms with Crippen LogP contribution in [0.5, 0.6) is 0 Å². The molecule has 1 heterocycles. The summed E-state index contributed by atoms with van der Waals surface area (Å²) in [6, 6.07) is 3.55. The van der Waals surface area contributed by atoms with Crippen LogP contribution in [0.3, 0.4) is 0 Å². The molecule has 0 spiro atoms. The molecule has 0 aliphatic heterocycles. The molecule has 0 aliphatic rings. The van der Waals surface area contributed by atoms with E-state index in [4.69, 9.17) is 9.47 Å². The van der Waals surface area contributed by atoms with Crippen LogP contribution in [0.4, 0.5) is 19.2 Å². The maximum Gasteiger partial charge on any atom is 0.438 e. The first-order valence-electron chi connectivity index (χ1n) is 9.84. The molecule has 1 aromatic rings. The van der Waals surface area contributed by atoms with Crippen molar-refractivity contribution in [3.63, 3.8) is 0 Å². The van der Waals surface area contributed by atoms with Crippen molar-refractivity contribution in [2.45, 2.75) is 57.8 Å². The van der Waals surface area contributed by atoms with Crippen LogP contribution in [-0.2, 0) is 9.47 Å². The molecule has 14 heteroatoms. The summed E-state index contributed by atoms with van der Waals surface area (Å²) < 4.78 is 10.1. The quantitative estimate of drug-likeness (QED) is 0.270. The molecule has 0 saturated heterocycles. The Kier molecular flexibility index (Phi) is 11.1. The molecule has 0 radical (unpaired) electrons. The maximum absolute atomic E-state index is 12.5. The fourth-order valence-corrected chi connectivity index (χ4v) is 3.59. The summed E-state index contributed by atoms with van der Waals surface area (Å²) in [5, 5.41) is 3.70. The van der Waals surface area contributed by atoms with Gasteiger partial charge in [-0.05, 0) is 64.5 Å². The lowest BCUT2D eigenvalue weighted by molar-refractivity contribution is 0.0256. The Morgan fingerprint density at radius 2 is 1.67 bits per heavy atom. The third kappa shape index (κ3) is 13.3. The van der Waals surface area contributed by atoms with Crippen LogP contribution in [0.1, 0.15) is 41.5 Å². The van der Waals surface area contributed by atoms with Crippen molar-refractivity contribution in [3.8, 4) is 0 Å². The Morgan fingerprint density at radius 1 is 1.00 bits per heavy atom. The highest BCUT2D eigenvalue weighted by Gasteiger charge is 2.29. The number of urea groups is 2. The van der Waals surface area contributed by atoms with E-state index in [0.717, 1.165) is 5.03 Å². The lowest BCUT2D eigenvalue weighted by atomic mass is 10.2. The molecule has 1 aromatic heterocycles. The number of hydrazine groups is 2. The number of nitrogens with zero attached hydrogens (tertiary/aromatic N) is 2. The highest BCUT2D eigenvalue weighted by molar-refractivity contribution is 8.76. The molecule has 0 aliphatic carbocycles. The van der Waals surface area contributed by atoms with Gasteiger partial charge in [0.15, 0.2) is 0 Å². The van der Waals surface area contributed by atoms with Gasteiger partial charge in [0.25, 0.3) is 0 Å². The zero-order chi connectivity index (χ0) is 25.1. The Balaban J connectivity index is 2.59. The number of ether oxygens (including phenoxy) is 2. The largest absolute Gasteiger partial charge is 0.443 e. The number of hydrogen-bond donors (Lipinski definition) is 4. The minimum absolute atomic E-state index is 0.197. The van der Waals surface area contributed by atoms with Crippen LogP contribution in [-0.4, -0.2) is 57.7 Å². The van der Waals surface area contributed by atoms with Gasteiger partial charge in [-0.1, -0.05) is 16.9 Å². The fourth-order valence-electron chi connectivity index (χ4n) is 1.80. The molecular formula is C19H30N6O6S2. The molecule has 184 valence electrons. The highest BCUT2D eigenvalue weighted by Crippen LogP contribution is 2.28. The number of carbonyl (C=O) groups is 4. The van der Waals surface area contributed by atoms with Crippen LogP contribution in [0.25, 0.3) is 0 Å². The minimum Gasteiger partial charge on any atom is -0.443 e. The Morgan fingerprint density at radius 3 is 2.24 bits per heavy atom. The molecule has 0 bridgehead atoms. The molecule has 0 aromatic carbocycles. The van der Waals surface area contributed by atoms with Gasteiger partial charge in [0.05, 0.1) is 0 Å². The second-order valence-electron chi connectivity index (χ2n) is 8.31. The Labute approximate surface area is 200 Å². The summed E-state index contributed by atoms with van der Waals surface area (Å²) in [7, 11) is 2.89. The number of nitrogens with one attached hydrogen (secondary N) is 4. The van der Waals surface area contributed by atoms with E-state index in [1.807, 2.05) is 34.5 Å². The van der Waals surface area contributed by atoms with Crippen molar-refractivity contribution in [3.05, 3.63) is 24.4 Å². The van der Waals surface area contributed by atoms with E-state index in [1.165, 1.54) is 21.6 Å². The number of amides is 6. The van der Waals surface area contributed by atoms with Crippen LogP contribution in [0.2, 0.25) is 0 Å². The van der Waals surface area contributed by atoms with E-state index in [-0.39, 0.29) is 6.54 Å². The first-order valence-corrected chi connectivity index (χ1v) is 12.2. The summed E-state index contributed by atoms with van der Waals surface area (Å²) in [5.74, 6) is 0.502. The summed E-state index contributed by atoms with van der Waals surface area (Å²) in [6.07, 6.45) is -0.353. The van der Waals surface area contributed by atoms with Crippen molar-refractivity contribution >= 4 is 45.8 Å². The number of imide groups is 1. The predicted octanol–water partition coefficient (Wildman–Crippen LogP) is 3.42. The molecule has 1 rings (SSSR count). The van der Waals surface area contributed by atoms with Crippen molar-refractivity contribution in [1.82, 2.24) is 31.6 Å². The zero-order valence-electron chi connectivity index (χ0n) is 19.4. The lowest BCUT2D eigenvalue weighted by Crippen LogP contribution is -2.59. The van der Waals surface area contributed by atoms with E-state index in [2.05, 4.69) is 10.3 Å². The van der Waals surface area contributed by atoms with E-state index in [0.29, 0.717) is 10.8 Å². The van der Waals surface area contributed by atoms with E-state index in [1.54, 1.807) is 47.7 Å². The standard InChI is InChI=1S/C19H30N6O6S2/c1-18(2,3)30-16(28)23-22-14(26)24-25(17(29)31-19(4,5)6)15(27)21-11-12-32-33-13-9-7-8-10-20-13/h7-10H,11-12H2,1-6H3,(H,21,27)(H,23,28)(H2,22,24,26). The van der Waals surface area contributed by atoms with Crippen LogP contribution >= 0.6 is 21.6 Å². The van der Waals surface area contributed by atoms with E-state index < -0.39 is 35.5 Å². The third-order valence-electron chi connectivity index (χ3n) is 2.91. The topological polar surface area (TPSA) is 151 Å². The number of rotatable bonds is 5. The van der Waals surface area contributed by atoms with Gasteiger partial charge >= 0.3 is 24.2 Å². The first kappa shape index (κ1) is 28.2. The van der Waals surface area contributed by atoms with Crippen molar-refractivity contribution in [1.29, 1.82) is 0 Å².